The van der Waals surface area contributed by atoms with E-state index in [0.29, 0.717) is 41.7 Å². The number of amides is 2. The summed E-state index contributed by atoms with van der Waals surface area (Å²) >= 11 is 6.31. The van der Waals surface area contributed by atoms with Gasteiger partial charge in [0.05, 0.1) is 24.0 Å². The van der Waals surface area contributed by atoms with Crippen molar-refractivity contribution in [1.29, 1.82) is 0 Å². The predicted molar refractivity (Wildman–Crippen MR) is 128 cm³/mol. The first kappa shape index (κ1) is 23.5. The number of ether oxygens (including phenoxy) is 1. The molecule has 3 aliphatic carbocycles. The number of likely N-dealkylation sites (tertiary alicyclic amines) is 1. The highest BCUT2D eigenvalue weighted by Gasteiger charge is 2.56. The van der Waals surface area contributed by atoms with Crippen molar-refractivity contribution in [2.75, 3.05) is 13.7 Å². The molecule has 0 aromatic heterocycles. The number of carbonyl (C=O) groups excluding carboxylic acids is 4. The van der Waals surface area contributed by atoms with Gasteiger partial charge in [0.25, 0.3) is 0 Å². The molecule has 0 radical (unpaired) electrons. The van der Waals surface area contributed by atoms with Gasteiger partial charge in [-0.2, -0.15) is 0 Å². The Morgan fingerprint density at radius 1 is 1.14 bits per heavy atom. The SMILES string of the molecule is CCCN1C(=O)[C@H]2[C@H](CC=C3[C@H](c4cc(Cl)c(O)c(OC)c4)C4=C(C[C@H]32)C(=O)C(C)=CC4=O)C1=O. The molecule has 1 N–H and O–H groups in total. The third kappa shape index (κ3) is 3.39. The van der Waals surface area contributed by atoms with Crippen molar-refractivity contribution in [2.45, 2.75) is 39.0 Å². The molecule has 5 rings (SSSR count). The Morgan fingerprint density at radius 3 is 2.57 bits per heavy atom. The summed E-state index contributed by atoms with van der Waals surface area (Å²) in [5, 5.41) is 10.3. The lowest BCUT2D eigenvalue weighted by molar-refractivity contribution is -0.140. The number of rotatable bonds is 4. The van der Waals surface area contributed by atoms with E-state index in [2.05, 4.69) is 0 Å². The van der Waals surface area contributed by atoms with Crippen molar-refractivity contribution in [1.82, 2.24) is 4.90 Å². The van der Waals surface area contributed by atoms with Crippen molar-refractivity contribution < 1.29 is 29.0 Å². The van der Waals surface area contributed by atoms with Crippen molar-refractivity contribution in [3.63, 3.8) is 0 Å². The zero-order valence-electron chi connectivity index (χ0n) is 19.8. The van der Waals surface area contributed by atoms with Crippen LogP contribution in [0.5, 0.6) is 11.5 Å². The number of nitrogens with zero attached hydrogens (tertiary/aromatic N) is 1. The second kappa shape index (κ2) is 8.48. The van der Waals surface area contributed by atoms with Crippen LogP contribution in [0.1, 0.15) is 44.6 Å². The van der Waals surface area contributed by atoms with Crippen molar-refractivity contribution >= 4 is 35.0 Å². The van der Waals surface area contributed by atoms with Gasteiger partial charge in [-0.15, -0.1) is 0 Å². The van der Waals surface area contributed by atoms with E-state index >= 15 is 0 Å². The number of carbonyl (C=O) groups is 4. The van der Waals surface area contributed by atoms with Crippen LogP contribution in [0.2, 0.25) is 5.02 Å². The summed E-state index contributed by atoms with van der Waals surface area (Å²) in [6.07, 6.45) is 4.60. The Bertz CT molecular complexity index is 1290. The standard InChI is InChI=1S/C27H26ClNO6/c1-4-7-29-26(33)15-6-5-14-16(22(15)27(29)34)11-17-23(19(30)8-12(2)24(17)31)21(14)13-9-18(28)25(32)20(10-13)35-3/h5,8-10,15-16,21-22,32H,4,6-7,11H2,1-3H3/t15-,16+,21-,22-/m0/s1. The summed E-state index contributed by atoms with van der Waals surface area (Å²) in [7, 11) is 1.40. The number of benzene rings is 1. The van der Waals surface area contributed by atoms with Crippen LogP contribution in [0.3, 0.4) is 0 Å². The quantitative estimate of drug-likeness (QED) is 0.386. The minimum absolute atomic E-state index is 0.0560. The number of hydrogen-bond acceptors (Lipinski definition) is 6. The highest BCUT2D eigenvalue weighted by Crippen LogP contribution is 2.56. The highest BCUT2D eigenvalue weighted by molar-refractivity contribution is 6.32. The Labute approximate surface area is 208 Å². The molecule has 1 saturated heterocycles. The van der Waals surface area contributed by atoms with Gasteiger partial charge in [0.15, 0.2) is 23.1 Å². The van der Waals surface area contributed by atoms with E-state index in [9.17, 15) is 24.3 Å². The zero-order valence-corrected chi connectivity index (χ0v) is 20.5. The molecule has 0 spiro atoms. The van der Waals surface area contributed by atoms with Crippen LogP contribution in [-0.2, 0) is 19.2 Å². The number of Topliss-reactive ketones (excluding diaryl/α,β-unsaturated/α-hetero) is 1. The molecule has 0 bridgehead atoms. The molecular weight excluding hydrogens is 470 g/mol. The summed E-state index contributed by atoms with van der Waals surface area (Å²) in [4.78, 5) is 54.4. The smallest absolute Gasteiger partial charge is 0.233 e. The van der Waals surface area contributed by atoms with Gasteiger partial charge < -0.3 is 9.84 Å². The summed E-state index contributed by atoms with van der Waals surface area (Å²) in [6, 6.07) is 3.18. The van der Waals surface area contributed by atoms with Crippen LogP contribution in [0.4, 0.5) is 0 Å². The maximum atomic E-state index is 13.4. The predicted octanol–water partition coefficient (Wildman–Crippen LogP) is 3.89. The van der Waals surface area contributed by atoms with Crippen LogP contribution in [0.15, 0.2) is 46.6 Å². The number of allylic oxidation sites excluding steroid dienone is 6. The number of ketones is 2. The van der Waals surface area contributed by atoms with Crippen LogP contribution in [0, 0.1) is 17.8 Å². The molecule has 1 aliphatic heterocycles. The Kier molecular flexibility index (Phi) is 5.71. The average Bonchev–Trinajstić information content (AvgIpc) is 3.08. The molecule has 2 amide bonds. The molecule has 4 aliphatic rings. The van der Waals surface area contributed by atoms with Gasteiger partial charge in [0.1, 0.15) is 0 Å². The maximum absolute atomic E-state index is 13.4. The maximum Gasteiger partial charge on any atom is 0.233 e. The van der Waals surface area contributed by atoms with Gasteiger partial charge in [0.2, 0.25) is 11.8 Å². The average molecular weight is 496 g/mol. The van der Waals surface area contributed by atoms with Gasteiger partial charge in [-0.25, -0.2) is 0 Å². The Balaban J connectivity index is 1.70. The molecular formula is C27H26ClNO6. The highest BCUT2D eigenvalue weighted by atomic mass is 35.5. The fourth-order valence-corrected chi connectivity index (χ4v) is 6.41. The van der Waals surface area contributed by atoms with Crippen molar-refractivity contribution in [3.8, 4) is 11.5 Å². The lowest BCUT2D eigenvalue weighted by Crippen LogP contribution is -2.39. The topological polar surface area (TPSA) is 101 Å². The van der Waals surface area contributed by atoms with Crippen LogP contribution < -0.4 is 4.74 Å². The molecule has 0 saturated carbocycles. The third-order valence-electron chi connectivity index (χ3n) is 7.70. The van der Waals surface area contributed by atoms with Gasteiger partial charge in [-0.05, 0) is 55.9 Å². The second-order valence-electron chi connectivity index (χ2n) is 9.61. The fraction of sp³-hybridized carbons (Fsp3) is 0.407. The zero-order chi connectivity index (χ0) is 25.2. The van der Waals surface area contributed by atoms with Crippen molar-refractivity contribution in [2.24, 2.45) is 17.8 Å². The Morgan fingerprint density at radius 2 is 1.89 bits per heavy atom. The second-order valence-corrected chi connectivity index (χ2v) is 10.0. The monoisotopic (exact) mass is 495 g/mol. The van der Waals surface area contributed by atoms with Crippen molar-refractivity contribution in [3.05, 3.63) is 57.2 Å². The number of phenols is 1. The Hall–Kier alpha value is -3.19. The van der Waals surface area contributed by atoms with E-state index in [1.807, 2.05) is 13.0 Å². The van der Waals surface area contributed by atoms with Gasteiger partial charge in [0, 0.05) is 29.2 Å². The first-order valence-corrected chi connectivity index (χ1v) is 12.2. The van der Waals surface area contributed by atoms with E-state index in [4.69, 9.17) is 16.3 Å². The van der Waals surface area contributed by atoms with Crippen LogP contribution in [0.25, 0.3) is 0 Å². The first-order chi connectivity index (χ1) is 16.7. The number of methoxy groups -OCH3 is 1. The number of fused-ring (bicyclic) bond motifs is 3. The molecule has 35 heavy (non-hydrogen) atoms. The molecule has 182 valence electrons. The molecule has 1 aromatic carbocycles. The largest absolute Gasteiger partial charge is 0.503 e. The summed E-state index contributed by atoms with van der Waals surface area (Å²) in [5.41, 5.74) is 2.54. The lowest BCUT2D eigenvalue weighted by atomic mass is 9.59. The van der Waals surface area contributed by atoms with E-state index < -0.39 is 23.7 Å². The minimum Gasteiger partial charge on any atom is -0.503 e. The molecule has 0 unspecified atom stereocenters. The number of phenolic OH excluding ortho intramolecular Hbond substituents is 1. The van der Waals surface area contributed by atoms with E-state index in [-0.39, 0.29) is 46.3 Å². The van der Waals surface area contributed by atoms with Gasteiger partial charge in [-0.1, -0.05) is 30.2 Å². The lowest BCUT2D eigenvalue weighted by Gasteiger charge is -2.42. The van der Waals surface area contributed by atoms with E-state index in [1.54, 1.807) is 19.1 Å². The molecule has 8 heteroatoms. The number of hydrogen-bond donors (Lipinski definition) is 1. The molecule has 1 heterocycles. The van der Waals surface area contributed by atoms with Gasteiger partial charge >= 0.3 is 0 Å². The fourth-order valence-electron chi connectivity index (χ4n) is 6.19. The van der Waals surface area contributed by atoms with Crippen LogP contribution >= 0.6 is 11.6 Å². The minimum atomic E-state index is -0.638. The van der Waals surface area contributed by atoms with Crippen LogP contribution in [-0.4, -0.2) is 47.0 Å². The van der Waals surface area contributed by atoms with Gasteiger partial charge in [-0.3, -0.25) is 24.1 Å². The summed E-state index contributed by atoms with van der Waals surface area (Å²) in [6.45, 7) is 3.90. The summed E-state index contributed by atoms with van der Waals surface area (Å²) < 4.78 is 5.30. The first-order valence-electron chi connectivity index (χ1n) is 11.8. The number of imide groups is 1. The third-order valence-corrected chi connectivity index (χ3v) is 7.99. The molecule has 1 aromatic rings. The molecule has 4 atom stereocenters. The number of halogens is 1. The van der Waals surface area contributed by atoms with E-state index in [1.165, 1.54) is 18.1 Å². The normalized spacial score (nSPS) is 27.9. The number of aromatic hydroxyl groups is 1. The van der Waals surface area contributed by atoms with E-state index in [0.717, 1.165) is 5.57 Å². The summed E-state index contributed by atoms with van der Waals surface area (Å²) in [5.74, 6) is -2.98. The molecule has 7 nitrogen and oxygen atoms in total. The molecule has 1 fully saturated rings.